The van der Waals surface area contributed by atoms with Gasteiger partial charge in [0.15, 0.2) is 5.82 Å². The number of aromatic nitrogens is 2. The van der Waals surface area contributed by atoms with Crippen molar-refractivity contribution < 1.29 is 14.6 Å². The first-order valence-electron chi connectivity index (χ1n) is 6.42. The van der Waals surface area contributed by atoms with Crippen molar-refractivity contribution in [1.29, 1.82) is 0 Å². The smallest absolute Gasteiger partial charge is 0.345 e. The van der Waals surface area contributed by atoms with Crippen LogP contribution in [-0.2, 0) is 4.74 Å². The number of anilines is 2. The van der Waals surface area contributed by atoms with Crippen molar-refractivity contribution in [2.45, 2.75) is 37.8 Å². The number of hydrogen-bond donors (Lipinski definition) is 3. The standard InChI is InChI=1S/C12H20N4O3/c1-14-11-9(12(18)19-2)10(13)16(15-11)7-5-3-4-6-8(7)17/h7-8,17H,3-6,13H2,1-2H3,(H,14,15). The zero-order chi connectivity index (χ0) is 14.0. The molecule has 106 valence electrons. The van der Waals surface area contributed by atoms with Crippen molar-refractivity contribution in [2.24, 2.45) is 0 Å². The third-order valence-electron chi connectivity index (χ3n) is 3.58. The predicted molar refractivity (Wildman–Crippen MR) is 71.0 cm³/mol. The van der Waals surface area contributed by atoms with Gasteiger partial charge in [0.05, 0.1) is 19.3 Å². The van der Waals surface area contributed by atoms with Crippen LogP contribution < -0.4 is 11.1 Å². The fourth-order valence-electron chi connectivity index (χ4n) is 2.56. The van der Waals surface area contributed by atoms with Crippen molar-refractivity contribution in [3.63, 3.8) is 0 Å². The second-order valence-corrected chi connectivity index (χ2v) is 4.71. The van der Waals surface area contributed by atoms with Gasteiger partial charge < -0.3 is 20.9 Å². The van der Waals surface area contributed by atoms with Gasteiger partial charge in [0.1, 0.15) is 11.4 Å². The Morgan fingerprint density at radius 3 is 2.79 bits per heavy atom. The number of hydrogen-bond acceptors (Lipinski definition) is 6. The number of nitrogens with two attached hydrogens (primary N) is 1. The fourth-order valence-corrected chi connectivity index (χ4v) is 2.56. The molecule has 4 N–H and O–H groups in total. The summed E-state index contributed by atoms with van der Waals surface area (Å²) in [7, 11) is 2.96. The minimum Gasteiger partial charge on any atom is -0.465 e. The highest BCUT2D eigenvalue weighted by Gasteiger charge is 2.31. The Bertz CT molecular complexity index is 472. The molecule has 1 aromatic rings. The molecule has 1 aliphatic rings. The molecule has 19 heavy (non-hydrogen) atoms. The Balaban J connectivity index is 2.41. The van der Waals surface area contributed by atoms with Gasteiger partial charge in [-0.25, -0.2) is 9.48 Å². The van der Waals surface area contributed by atoms with E-state index >= 15 is 0 Å². The average Bonchev–Trinajstić information content (AvgIpc) is 2.75. The highest BCUT2D eigenvalue weighted by molar-refractivity contribution is 5.99. The van der Waals surface area contributed by atoms with Crippen molar-refractivity contribution in [1.82, 2.24) is 9.78 Å². The highest BCUT2D eigenvalue weighted by Crippen LogP contribution is 2.33. The molecule has 0 saturated heterocycles. The molecule has 2 unspecified atom stereocenters. The number of rotatable bonds is 3. The largest absolute Gasteiger partial charge is 0.465 e. The summed E-state index contributed by atoms with van der Waals surface area (Å²) in [4.78, 5) is 11.7. The zero-order valence-corrected chi connectivity index (χ0v) is 11.2. The highest BCUT2D eigenvalue weighted by atomic mass is 16.5. The molecule has 2 rings (SSSR count). The van der Waals surface area contributed by atoms with Gasteiger partial charge in [-0.1, -0.05) is 12.8 Å². The third-order valence-corrected chi connectivity index (χ3v) is 3.58. The number of aliphatic hydroxyl groups excluding tert-OH is 1. The number of esters is 1. The number of nitrogens with one attached hydrogen (secondary N) is 1. The van der Waals surface area contributed by atoms with E-state index in [4.69, 9.17) is 10.5 Å². The molecule has 7 heteroatoms. The summed E-state index contributed by atoms with van der Waals surface area (Å²) in [6.07, 6.45) is 3.07. The summed E-state index contributed by atoms with van der Waals surface area (Å²) in [6.45, 7) is 0. The summed E-state index contributed by atoms with van der Waals surface area (Å²) >= 11 is 0. The van der Waals surface area contributed by atoms with Crippen LogP contribution in [0.2, 0.25) is 0 Å². The Morgan fingerprint density at radius 2 is 2.21 bits per heavy atom. The van der Waals surface area contributed by atoms with Gasteiger partial charge in [0.25, 0.3) is 0 Å². The van der Waals surface area contributed by atoms with E-state index in [1.165, 1.54) is 7.11 Å². The van der Waals surface area contributed by atoms with E-state index in [1.807, 2.05) is 0 Å². The van der Waals surface area contributed by atoms with E-state index in [-0.39, 0.29) is 17.4 Å². The Kier molecular flexibility index (Phi) is 3.94. The summed E-state index contributed by atoms with van der Waals surface area (Å²) in [5.74, 6) is 0.0858. The molecule has 0 radical (unpaired) electrons. The van der Waals surface area contributed by atoms with Gasteiger partial charge in [0, 0.05) is 7.05 Å². The van der Waals surface area contributed by atoms with Crippen molar-refractivity contribution in [2.75, 3.05) is 25.2 Å². The first-order valence-corrected chi connectivity index (χ1v) is 6.42. The normalized spacial score (nSPS) is 23.1. The van der Waals surface area contributed by atoms with Crippen LogP contribution >= 0.6 is 0 Å². The lowest BCUT2D eigenvalue weighted by atomic mass is 9.93. The van der Waals surface area contributed by atoms with Gasteiger partial charge >= 0.3 is 5.97 Å². The summed E-state index contributed by atoms with van der Waals surface area (Å²) < 4.78 is 6.26. The van der Waals surface area contributed by atoms with Crippen LogP contribution in [0.1, 0.15) is 42.1 Å². The van der Waals surface area contributed by atoms with Crippen LogP contribution in [0.15, 0.2) is 0 Å². The number of aliphatic hydroxyl groups is 1. The number of carbonyl (C=O) groups is 1. The molecule has 1 aromatic heterocycles. The second kappa shape index (κ2) is 5.48. The lowest BCUT2D eigenvalue weighted by Gasteiger charge is -2.28. The van der Waals surface area contributed by atoms with Gasteiger partial charge in [-0.2, -0.15) is 5.10 Å². The van der Waals surface area contributed by atoms with E-state index in [0.717, 1.165) is 25.7 Å². The molecular weight excluding hydrogens is 248 g/mol. The molecule has 0 aliphatic heterocycles. The van der Waals surface area contributed by atoms with Crippen molar-refractivity contribution >= 4 is 17.6 Å². The number of nitrogen functional groups attached to an aromatic ring is 1. The SMILES string of the molecule is CNc1nn(C2CCCCC2O)c(N)c1C(=O)OC. The van der Waals surface area contributed by atoms with Gasteiger partial charge in [-0.15, -0.1) is 0 Å². The Hall–Kier alpha value is -1.76. The van der Waals surface area contributed by atoms with Crippen molar-refractivity contribution in [3.8, 4) is 0 Å². The lowest BCUT2D eigenvalue weighted by Crippen LogP contribution is -2.29. The minimum absolute atomic E-state index is 0.181. The van der Waals surface area contributed by atoms with Crippen LogP contribution in [0, 0.1) is 0 Å². The topological polar surface area (TPSA) is 102 Å². The van der Waals surface area contributed by atoms with Gasteiger partial charge in [-0.05, 0) is 12.8 Å². The second-order valence-electron chi connectivity index (χ2n) is 4.71. The molecule has 1 saturated carbocycles. The van der Waals surface area contributed by atoms with Crippen LogP contribution in [-0.4, -0.2) is 41.1 Å². The van der Waals surface area contributed by atoms with Crippen molar-refractivity contribution in [3.05, 3.63) is 5.56 Å². The summed E-state index contributed by atoms with van der Waals surface area (Å²) in [6, 6.07) is -0.181. The maximum absolute atomic E-state index is 11.7. The lowest BCUT2D eigenvalue weighted by molar-refractivity contribution is 0.0599. The molecular formula is C12H20N4O3. The van der Waals surface area contributed by atoms with E-state index in [1.54, 1.807) is 11.7 Å². The van der Waals surface area contributed by atoms with E-state index < -0.39 is 12.1 Å². The Morgan fingerprint density at radius 1 is 1.53 bits per heavy atom. The molecule has 0 amide bonds. The maximum atomic E-state index is 11.7. The fraction of sp³-hybridized carbons (Fsp3) is 0.667. The van der Waals surface area contributed by atoms with Crippen LogP contribution in [0.5, 0.6) is 0 Å². The summed E-state index contributed by atoms with van der Waals surface area (Å²) in [5.41, 5.74) is 6.22. The first-order chi connectivity index (χ1) is 9.10. The van der Waals surface area contributed by atoms with Crippen LogP contribution in [0.25, 0.3) is 0 Å². The number of ether oxygens (including phenoxy) is 1. The molecule has 0 bridgehead atoms. The van der Waals surface area contributed by atoms with Gasteiger partial charge in [0.2, 0.25) is 0 Å². The van der Waals surface area contributed by atoms with E-state index in [9.17, 15) is 9.90 Å². The third kappa shape index (κ3) is 2.37. The first kappa shape index (κ1) is 13.7. The molecule has 7 nitrogen and oxygen atoms in total. The van der Waals surface area contributed by atoms with Crippen LogP contribution in [0.3, 0.4) is 0 Å². The number of carbonyl (C=O) groups excluding carboxylic acids is 1. The maximum Gasteiger partial charge on any atom is 0.345 e. The molecule has 2 atom stereocenters. The quantitative estimate of drug-likeness (QED) is 0.700. The van der Waals surface area contributed by atoms with E-state index in [0.29, 0.717) is 5.82 Å². The molecule has 1 aliphatic carbocycles. The zero-order valence-electron chi connectivity index (χ0n) is 11.2. The Labute approximate surface area is 111 Å². The number of methoxy groups -OCH3 is 1. The summed E-state index contributed by atoms with van der Waals surface area (Å²) in [5, 5.41) is 17.2. The number of nitrogens with zero attached hydrogens (tertiary/aromatic N) is 2. The molecule has 1 heterocycles. The molecule has 1 fully saturated rings. The predicted octanol–water partition coefficient (Wildman–Crippen LogP) is 0.770. The molecule has 0 spiro atoms. The minimum atomic E-state index is -0.529. The average molecular weight is 268 g/mol. The molecule has 0 aromatic carbocycles. The van der Waals surface area contributed by atoms with E-state index in [2.05, 4.69) is 10.4 Å². The monoisotopic (exact) mass is 268 g/mol. The van der Waals surface area contributed by atoms with Crippen LogP contribution in [0.4, 0.5) is 11.6 Å². The van der Waals surface area contributed by atoms with Gasteiger partial charge in [-0.3, -0.25) is 0 Å².